The predicted molar refractivity (Wildman–Crippen MR) is 130 cm³/mol. The molecule has 34 heavy (non-hydrogen) atoms. The second-order valence-corrected chi connectivity index (χ2v) is 8.75. The van der Waals surface area contributed by atoms with E-state index in [1.807, 2.05) is 13.0 Å². The number of carboxylic acid groups (broad SMARTS) is 1. The van der Waals surface area contributed by atoms with Gasteiger partial charge in [0.25, 0.3) is 5.91 Å². The van der Waals surface area contributed by atoms with Crippen LogP contribution >= 0.6 is 11.6 Å². The first-order valence-corrected chi connectivity index (χ1v) is 11.7. The molecule has 1 heterocycles. The first-order chi connectivity index (χ1) is 16.4. The minimum Gasteiger partial charge on any atom is -0.493 e. The molecule has 1 aliphatic rings. The molecule has 0 radical (unpaired) electrons. The number of carboxylic acids is 1. The number of carbonyl (C=O) groups is 2. The quantitative estimate of drug-likeness (QED) is 0.439. The summed E-state index contributed by atoms with van der Waals surface area (Å²) in [6.07, 6.45) is 3.03. The van der Waals surface area contributed by atoms with Crippen molar-refractivity contribution in [2.75, 3.05) is 13.7 Å². The van der Waals surface area contributed by atoms with Crippen LogP contribution in [0.4, 0.5) is 0 Å². The zero-order chi connectivity index (χ0) is 24.2. The van der Waals surface area contributed by atoms with Crippen molar-refractivity contribution < 1.29 is 24.2 Å². The van der Waals surface area contributed by atoms with Crippen molar-refractivity contribution in [2.45, 2.75) is 45.1 Å². The number of halogens is 1. The molecule has 1 amide bonds. The Labute approximate surface area is 203 Å². The molecule has 1 aliphatic carbocycles. The molecular formula is C26H27ClN2O5. The van der Waals surface area contributed by atoms with Gasteiger partial charge in [-0.25, -0.2) is 0 Å². The van der Waals surface area contributed by atoms with Crippen LogP contribution in [0.5, 0.6) is 11.5 Å². The van der Waals surface area contributed by atoms with Gasteiger partial charge < -0.3 is 19.9 Å². The molecule has 3 aromatic rings. The number of pyridine rings is 1. The van der Waals surface area contributed by atoms with Crippen LogP contribution in [-0.4, -0.2) is 35.7 Å². The Morgan fingerprint density at radius 3 is 2.74 bits per heavy atom. The summed E-state index contributed by atoms with van der Waals surface area (Å²) < 4.78 is 11.2. The van der Waals surface area contributed by atoms with Crippen LogP contribution in [0.1, 0.15) is 59.4 Å². The number of benzene rings is 2. The largest absolute Gasteiger partial charge is 0.493 e. The van der Waals surface area contributed by atoms with Gasteiger partial charge in [-0.05, 0) is 67.1 Å². The van der Waals surface area contributed by atoms with E-state index >= 15 is 0 Å². The van der Waals surface area contributed by atoms with Crippen molar-refractivity contribution in [3.63, 3.8) is 0 Å². The maximum Gasteiger partial charge on any atom is 0.305 e. The number of fused-ring (bicyclic) bond motifs is 2. The molecule has 1 unspecified atom stereocenters. The Morgan fingerprint density at radius 1 is 1.18 bits per heavy atom. The molecule has 1 aromatic heterocycles. The van der Waals surface area contributed by atoms with Gasteiger partial charge >= 0.3 is 5.97 Å². The SMILES string of the molecule is CCCOc1ccc(C(CC(=O)O)NC(=O)c2c3c(nc4ccc(Cl)cc24)CCC3)cc1OC. The van der Waals surface area contributed by atoms with E-state index in [-0.39, 0.29) is 12.3 Å². The molecular weight excluding hydrogens is 456 g/mol. The number of hydrogen-bond acceptors (Lipinski definition) is 5. The highest BCUT2D eigenvalue weighted by atomic mass is 35.5. The summed E-state index contributed by atoms with van der Waals surface area (Å²) >= 11 is 6.24. The molecule has 8 heteroatoms. The molecule has 178 valence electrons. The van der Waals surface area contributed by atoms with Gasteiger partial charge in [0.1, 0.15) is 0 Å². The normalized spacial score (nSPS) is 13.4. The third-order valence-electron chi connectivity index (χ3n) is 5.94. The number of nitrogens with zero attached hydrogens (tertiary/aromatic N) is 1. The van der Waals surface area contributed by atoms with Crippen LogP contribution in [0.2, 0.25) is 5.02 Å². The van der Waals surface area contributed by atoms with Crippen LogP contribution < -0.4 is 14.8 Å². The van der Waals surface area contributed by atoms with Crippen LogP contribution in [0.15, 0.2) is 36.4 Å². The van der Waals surface area contributed by atoms with Gasteiger partial charge in [0.15, 0.2) is 11.5 Å². The zero-order valence-corrected chi connectivity index (χ0v) is 19.9. The first-order valence-electron chi connectivity index (χ1n) is 11.4. The van der Waals surface area contributed by atoms with Gasteiger partial charge in [-0.15, -0.1) is 0 Å². The molecule has 0 spiro atoms. The number of aromatic nitrogens is 1. The lowest BCUT2D eigenvalue weighted by Gasteiger charge is -2.21. The number of aryl methyl sites for hydroxylation is 1. The van der Waals surface area contributed by atoms with E-state index in [0.717, 1.165) is 36.9 Å². The lowest BCUT2D eigenvalue weighted by atomic mass is 9.98. The van der Waals surface area contributed by atoms with Crippen molar-refractivity contribution in [1.82, 2.24) is 10.3 Å². The Kier molecular flexibility index (Phi) is 7.22. The maximum absolute atomic E-state index is 13.6. The summed E-state index contributed by atoms with van der Waals surface area (Å²) in [7, 11) is 1.53. The van der Waals surface area contributed by atoms with Gasteiger partial charge in [-0.1, -0.05) is 24.6 Å². The Balaban J connectivity index is 1.72. The van der Waals surface area contributed by atoms with Crippen LogP contribution in [0.25, 0.3) is 10.9 Å². The topological polar surface area (TPSA) is 97.8 Å². The van der Waals surface area contributed by atoms with Crippen molar-refractivity contribution in [3.05, 3.63) is 63.8 Å². The predicted octanol–water partition coefficient (Wildman–Crippen LogP) is 5.12. The summed E-state index contributed by atoms with van der Waals surface area (Å²) in [5.41, 5.74) is 3.65. The zero-order valence-electron chi connectivity index (χ0n) is 19.2. The fourth-order valence-corrected chi connectivity index (χ4v) is 4.56. The smallest absolute Gasteiger partial charge is 0.305 e. The van der Waals surface area contributed by atoms with Gasteiger partial charge in [-0.2, -0.15) is 0 Å². The monoisotopic (exact) mass is 482 g/mol. The summed E-state index contributed by atoms with van der Waals surface area (Å²) in [4.78, 5) is 30.0. The molecule has 0 aliphatic heterocycles. The van der Waals surface area contributed by atoms with E-state index in [1.54, 1.807) is 30.3 Å². The summed E-state index contributed by atoms with van der Waals surface area (Å²) in [5, 5.41) is 13.7. The van der Waals surface area contributed by atoms with E-state index in [1.165, 1.54) is 7.11 Å². The standard InChI is InChI=1S/C26H27ClN2O5/c1-3-11-34-22-10-7-15(12-23(22)33-2)21(14-24(30)31)29-26(32)25-17-5-4-6-19(17)28-20-9-8-16(27)13-18(20)25/h7-10,12-13,21H,3-6,11,14H2,1-2H3,(H,29,32)(H,30,31). The van der Waals surface area contributed by atoms with E-state index in [9.17, 15) is 14.7 Å². The van der Waals surface area contributed by atoms with Gasteiger partial charge in [0, 0.05) is 16.1 Å². The van der Waals surface area contributed by atoms with Crippen molar-refractivity contribution in [2.24, 2.45) is 0 Å². The number of ether oxygens (including phenoxy) is 2. The molecule has 0 fully saturated rings. The van der Waals surface area contributed by atoms with Gasteiger partial charge in [0.2, 0.25) is 0 Å². The molecule has 4 rings (SSSR count). The molecule has 7 nitrogen and oxygen atoms in total. The Bertz CT molecular complexity index is 1240. The Hall–Kier alpha value is -3.32. The summed E-state index contributed by atoms with van der Waals surface area (Å²) in [6.45, 7) is 2.54. The summed E-state index contributed by atoms with van der Waals surface area (Å²) in [6, 6.07) is 9.75. The van der Waals surface area contributed by atoms with Crippen LogP contribution in [-0.2, 0) is 17.6 Å². The van der Waals surface area contributed by atoms with Crippen LogP contribution in [0.3, 0.4) is 0 Å². The first kappa shape index (κ1) is 23.8. The van der Waals surface area contributed by atoms with Crippen molar-refractivity contribution >= 4 is 34.4 Å². The van der Waals surface area contributed by atoms with E-state index < -0.39 is 12.0 Å². The number of amides is 1. The van der Waals surface area contributed by atoms with Crippen LogP contribution in [0, 0.1) is 0 Å². The lowest BCUT2D eigenvalue weighted by molar-refractivity contribution is -0.137. The molecule has 0 saturated carbocycles. The third-order valence-corrected chi connectivity index (χ3v) is 6.17. The molecule has 2 aromatic carbocycles. The fourth-order valence-electron chi connectivity index (χ4n) is 4.38. The number of hydrogen-bond donors (Lipinski definition) is 2. The average molecular weight is 483 g/mol. The fraction of sp³-hybridized carbons (Fsp3) is 0.346. The minimum absolute atomic E-state index is 0.282. The number of nitrogens with one attached hydrogen (secondary N) is 1. The number of carbonyl (C=O) groups excluding carboxylic acids is 1. The van der Waals surface area contributed by atoms with E-state index in [0.29, 0.717) is 45.2 Å². The van der Waals surface area contributed by atoms with Gasteiger partial charge in [0.05, 0.1) is 37.3 Å². The Morgan fingerprint density at radius 2 is 2.00 bits per heavy atom. The second-order valence-electron chi connectivity index (χ2n) is 8.31. The number of methoxy groups -OCH3 is 1. The third kappa shape index (κ3) is 4.94. The highest BCUT2D eigenvalue weighted by Gasteiger charge is 2.27. The number of aliphatic carboxylic acids is 1. The van der Waals surface area contributed by atoms with E-state index in [4.69, 9.17) is 26.1 Å². The van der Waals surface area contributed by atoms with Gasteiger partial charge in [-0.3, -0.25) is 14.6 Å². The highest BCUT2D eigenvalue weighted by molar-refractivity contribution is 6.31. The summed E-state index contributed by atoms with van der Waals surface area (Å²) in [5.74, 6) is -0.313. The van der Waals surface area contributed by atoms with E-state index in [2.05, 4.69) is 5.32 Å². The van der Waals surface area contributed by atoms with Crippen molar-refractivity contribution in [3.8, 4) is 11.5 Å². The highest BCUT2D eigenvalue weighted by Crippen LogP contribution is 2.34. The molecule has 1 atom stereocenters. The molecule has 0 saturated heterocycles. The lowest BCUT2D eigenvalue weighted by Crippen LogP contribution is -2.31. The second kappa shape index (κ2) is 10.3. The minimum atomic E-state index is -1.02. The average Bonchev–Trinajstić information content (AvgIpc) is 3.28. The maximum atomic E-state index is 13.6. The number of rotatable bonds is 9. The van der Waals surface area contributed by atoms with Crippen molar-refractivity contribution in [1.29, 1.82) is 0 Å². The molecule has 2 N–H and O–H groups in total. The molecule has 0 bridgehead atoms.